The molecule has 0 unspecified atom stereocenters. The van der Waals surface area contributed by atoms with Crippen LogP contribution in [0.15, 0.2) is 79.0 Å². The number of carbonyl (C=O) groups excluding carboxylic acids is 11. The summed E-state index contributed by atoms with van der Waals surface area (Å²) in [5, 5.41) is 48.7. The summed E-state index contributed by atoms with van der Waals surface area (Å²) < 4.78 is 0. The van der Waals surface area contributed by atoms with Crippen LogP contribution in [0.1, 0.15) is 75.2 Å². The number of amides is 11. The van der Waals surface area contributed by atoms with Gasteiger partial charge in [0.15, 0.2) is 0 Å². The van der Waals surface area contributed by atoms with Crippen molar-refractivity contribution >= 4 is 65.0 Å². The van der Waals surface area contributed by atoms with E-state index in [1.165, 1.54) is 25.3 Å². The van der Waals surface area contributed by atoms with Crippen LogP contribution < -0.4 is 87.2 Å². The lowest BCUT2D eigenvalue weighted by Crippen LogP contribution is -2.62. The Bertz CT molecular complexity index is 2800. The fourth-order valence-electron chi connectivity index (χ4n) is 9.07. The highest BCUT2D eigenvalue weighted by molar-refractivity contribution is 6.01. The highest BCUT2D eigenvalue weighted by Crippen LogP contribution is 2.18. The van der Waals surface area contributed by atoms with Crippen molar-refractivity contribution in [3.05, 3.63) is 90.1 Å². The summed E-state index contributed by atoms with van der Waals surface area (Å²) in [6.45, 7) is 2.02. The molecule has 0 radical (unpaired) electrons. The van der Waals surface area contributed by atoms with E-state index >= 15 is 0 Å². The zero-order valence-electron chi connectivity index (χ0n) is 49.1. The van der Waals surface area contributed by atoms with E-state index in [-0.39, 0.29) is 76.2 Å². The molecule has 2 heterocycles. The first-order chi connectivity index (χ1) is 41.6. The second kappa shape index (κ2) is 36.5. The average Bonchev–Trinajstić information content (AvgIpc) is 3.51. The Morgan fingerprint density at radius 3 is 1.63 bits per heavy atom. The quantitative estimate of drug-likeness (QED) is 0.0397. The van der Waals surface area contributed by atoms with Gasteiger partial charge >= 0.3 is 0 Å². The number of aromatic nitrogens is 1. The molecule has 0 saturated carbocycles. The van der Waals surface area contributed by atoms with Crippen LogP contribution in [-0.4, -0.2) is 193 Å². The van der Waals surface area contributed by atoms with Gasteiger partial charge < -0.3 is 97.4 Å². The Kier molecular flexibility index (Phi) is 29.7. The number of benzene rings is 2. The number of hydrogen-bond acceptors (Lipinski definition) is 19. The Labute approximate surface area is 503 Å². The molecule has 11 atom stereocenters. The fraction of sp³-hybridized carbons (Fsp3) is 0.509. The zero-order valence-corrected chi connectivity index (χ0v) is 49.1. The van der Waals surface area contributed by atoms with E-state index in [1.54, 1.807) is 68.4 Å². The van der Waals surface area contributed by atoms with Crippen molar-refractivity contribution in [1.82, 2.24) is 63.5 Å². The van der Waals surface area contributed by atoms with E-state index in [9.17, 15) is 63.0 Å². The summed E-state index contributed by atoms with van der Waals surface area (Å²) in [6.07, 6.45) is -1.42. The van der Waals surface area contributed by atoms with Crippen LogP contribution in [0.2, 0.25) is 0 Å². The first kappa shape index (κ1) is 71.0. The minimum atomic E-state index is -1.75. The number of carbonyl (C=O) groups is 11. The SMILES string of the molecule is CC(C)C[C@@H]1NC(=O)[C@@H](Cc2ccccc2)NC(=O)[C@H](CCN)NC(=O)[C@@H](NC(=O)[C@H](CN)NC(=O)[C@H](CO)NC(=O)[C@H](CCN)NC(=O)c2ccnc(-c3ccccc3)c2)CCNC(=O)[C@H]([C@@H](C)O)NC(=O)[C@H](CCN)NC(=O)[C@H](CCN)NC1=O. The molecule has 30 heteroatoms. The predicted octanol–water partition coefficient (Wildman–Crippen LogP) is -6.25. The molecule has 87 heavy (non-hydrogen) atoms. The fourth-order valence-corrected chi connectivity index (χ4v) is 9.07. The van der Waals surface area contributed by atoms with E-state index in [2.05, 4.69) is 63.5 Å². The van der Waals surface area contributed by atoms with Gasteiger partial charge in [-0.15, -0.1) is 0 Å². The third kappa shape index (κ3) is 22.7. The summed E-state index contributed by atoms with van der Waals surface area (Å²) in [6, 6.07) is 5.25. The second-order valence-corrected chi connectivity index (χ2v) is 21.2. The van der Waals surface area contributed by atoms with Gasteiger partial charge in [0.05, 0.1) is 18.4 Å². The second-order valence-electron chi connectivity index (χ2n) is 21.2. The smallest absolute Gasteiger partial charge is 0.252 e. The van der Waals surface area contributed by atoms with Gasteiger partial charge in [-0.3, -0.25) is 57.7 Å². The maximum Gasteiger partial charge on any atom is 0.252 e. The van der Waals surface area contributed by atoms with Gasteiger partial charge in [0, 0.05) is 36.8 Å². The minimum absolute atomic E-state index is 0.0371. The summed E-state index contributed by atoms with van der Waals surface area (Å²) in [4.78, 5) is 158. The van der Waals surface area contributed by atoms with Crippen molar-refractivity contribution in [2.75, 3.05) is 45.9 Å². The molecule has 2 aromatic carbocycles. The summed E-state index contributed by atoms with van der Waals surface area (Å²) in [5.74, 6) is -10.6. The molecule has 3 aromatic rings. The third-order valence-corrected chi connectivity index (χ3v) is 13.8. The molecule has 30 nitrogen and oxygen atoms in total. The lowest BCUT2D eigenvalue weighted by atomic mass is 10.00. The van der Waals surface area contributed by atoms with E-state index in [1.807, 2.05) is 6.07 Å². The van der Waals surface area contributed by atoms with Gasteiger partial charge in [-0.05, 0) is 95.2 Å². The Balaban J connectivity index is 1.66. The predicted molar refractivity (Wildman–Crippen MR) is 318 cm³/mol. The molecule has 1 aliphatic heterocycles. The number of nitrogens with one attached hydrogen (secondary N) is 11. The number of aliphatic hydroxyl groups is 2. The molecule has 0 aliphatic carbocycles. The molecule has 0 spiro atoms. The monoisotopic (exact) mass is 1220 g/mol. The van der Waals surface area contributed by atoms with Crippen molar-refractivity contribution in [2.45, 2.75) is 132 Å². The molecule has 0 bridgehead atoms. The van der Waals surface area contributed by atoms with Gasteiger partial charge in [-0.2, -0.15) is 0 Å². The molecule has 476 valence electrons. The van der Waals surface area contributed by atoms with Crippen molar-refractivity contribution in [3.8, 4) is 11.3 Å². The average molecular weight is 1220 g/mol. The maximum atomic E-state index is 14.5. The van der Waals surface area contributed by atoms with Gasteiger partial charge in [-0.1, -0.05) is 74.5 Å². The normalized spacial score (nSPS) is 21.8. The van der Waals surface area contributed by atoms with Crippen LogP contribution in [0.3, 0.4) is 0 Å². The van der Waals surface area contributed by atoms with Crippen LogP contribution in [0.4, 0.5) is 0 Å². The largest absolute Gasteiger partial charge is 0.394 e. The molecule has 11 amide bonds. The molecule has 23 N–H and O–H groups in total. The lowest BCUT2D eigenvalue weighted by Gasteiger charge is -2.28. The minimum Gasteiger partial charge on any atom is -0.394 e. The standard InChI is InChI=1S/C57H85N17O13/c1-31(2)26-42-53(83)68-37(15-21-59)48(78)67-39(17-23-61)52(82)74-46(32(3)76)57(87)64-25-19-40(51(81)66-38(16-22-60)49(79)71-43(54(84)70-42)27-33-10-6-4-7-11-33)69-55(85)44(29-62)72-56(86)45(30-75)73-50(80)36(14-20-58)65-47(77)35-18-24-63-41(28-35)34-12-8-5-9-13-34/h4-13,18,24,28,31-32,36-40,42-46,75-76H,14-17,19-23,25-27,29-30,58-62H2,1-3H3,(H,64,87)(H,65,77)(H,66,81)(H,67,78)(H,68,83)(H,69,85)(H,70,84)(H,71,79)(H,72,86)(H,73,80)(H,74,82)/t32-,36+,37+,38+,39+,40+,42+,43-,44+,45+,46+/m1/s1. The summed E-state index contributed by atoms with van der Waals surface area (Å²) in [5.41, 5.74) is 31.3. The molecular weight excluding hydrogens is 1130 g/mol. The van der Waals surface area contributed by atoms with Gasteiger partial charge in [0.25, 0.3) is 5.91 Å². The summed E-state index contributed by atoms with van der Waals surface area (Å²) >= 11 is 0. The number of aliphatic hydroxyl groups excluding tert-OH is 2. The number of nitrogens with two attached hydrogens (primary N) is 5. The molecule has 1 aliphatic rings. The number of hydrogen-bond donors (Lipinski definition) is 18. The molecule has 4 rings (SSSR count). The van der Waals surface area contributed by atoms with Crippen LogP contribution in [0.5, 0.6) is 0 Å². The van der Waals surface area contributed by atoms with Crippen LogP contribution in [-0.2, 0) is 54.4 Å². The van der Waals surface area contributed by atoms with Crippen molar-refractivity contribution in [3.63, 3.8) is 0 Å². The number of rotatable bonds is 24. The Morgan fingerprint density at radius 1 is 0.586 bits per heavy atom. The van der Waals surface area contributed by atoms with E-state index in [0.717, 1.165) is 5.56 Å². The highest BCUT2D eigenvalue weighted by atomic mass is 16.3. The number of pyridine rings is 1. The van der Waals surface area contributed by atoms with Crippen LogP contribution in [0.25, 0.3) is 11.3 Å². The zero-order chi connectivity index (χ0) is 64.2. The number of nitrogens with zero attached hydrogens (tertiary/aromatic N) is 1. The van der Waals surface area contributed by atoms with E-state index in [4.69, 9.17) is 28.7 Å². The third-order valence-electron chi connectivity index (χ3n) is 13.8. The van der Waals surface area contributed by atoms with E-state index in [0.29, 0.717) is 11.3 Å². The van der Waals surface area contributed by atoms with Gasteiger partial charge in [-0.25, -0.2) is 0 Å². The summed E-state index contributed by atoms with van der Waals surface area (Å²) in [7, 11) is 0. The van der Waals surface area contributed by atoms with Crippen LogP contribution >= 0.6 is 0 Å². The Morgan fingerprint density at radius 2 is 1.09 bits per heavy atom. The maximum absolute atomic E-state index is 14.5. The Hall–Kier alpha value is -8.52. The van der Waals surface area contributed by atoms with Crippen molar-refractivity contribution in [1.29, 1.82) is 0 Å². The van der Waals surface area contributed by atoms with E-state index < -0.39 is 158 Å². The molecular formula is C57H85N17O13. The van der Waals surface area contributed by atoms with Gasteiger partial charge in [0.2, 0.25) is 59.1 Å². The first-order valence-corrected chi connectivity index (χ1v) is 28.7. The molecule has 1 aromatic heterocycles. The van der Waals surface area contributed by atoms with Crippen molar-refractivity contribution < 1.29 is 63.0 Å². The van der Waals surface area contributed by atoms with Crippen LogP contribution in [0, 0.1) is 5.92 Å². The van der Waals surface area contributed by atoms with Crippen molar-refractivity contribution in [2.24, 2.45) is 34.6 Å². The topological polar surface area (TPSA) is 504 Å². The highest BCUT2D eigenvalue weighted by Gasteiger charge is 2.37. The molecule has 1 saturated heterocycles. The molecule has 1 fully saturated rings. The lowest BCUT2D eigenvalue weighted by molar-refractivity contribution is -0.136. The van der Waals surface area contributed by atoms with Gasteiger partial charge in [0.1, 0.15) is 60.4 Å². The first-order valence-electron chi connectivity index (χ1n) is 28.7.